The lowest BCUT2D eigenvalue weighted by Crippen LogP contribution is -2.69. The molecular formula is C13H16N2O4. The number of alkyl carbamates (subject to hydrolysis) is 1. The van der Waals surface area contributed by atoms with Gasteiger partial charge < -0.3 is 20.1 Å². The minimum atomic E-state index is -0.997. The lowest BCUT2D eigenvalue weighted by Gasteiger charge is -2.39. The van der Waals surface area contributed by atoms with Gasteiger partial charge >= 0.3 is 6.09 Å². The highest BCUT2D eigenvalue weighted by Gasteiger charge is 2.47. The van der Waals surface area contributed by atoms with Crippen LogP contribution in [-0.2, 0) is 20.9 Å². The number of carbonyl (C=O) groups excluding carboxylic acids is 2. The molecule has 0 saturated carbocycles. The number of rotatable bonds is 4. The van der Waals surface area contributed by atoms with Crippen molar-refractivity contribution in [1.82, 2.24) is 10.6 Å². The molecule has 2 rings (SSSR count). The van der Waals surface area contributed by atoms with Crippen LogP contribution in [-0.4, -0.2) is 37.8 Å². The minimum absolute atomic E-state index is 0.160. The van der Waals surface area contributed by atoms with Crippen molar-refractivity contribution in [2.24, 2.45) is 0 Å². The van der Waals surface area contributed by atoms with Gasteiger partial charge in [0.1, 0.15) is 6.61 Å². The lowest BCUT2D eigenvalue weighted by molar-refractivity contribution is -0.146. The highest BCUT2D eigenvalue weighted by molar-refractivity contribution is 5.90. The van der Waals surface area contributed by atoms with E-state index >= 15 is 0 Å². The zero-order valence-electron chi connectivity index (χ0n) is 10.6. The van der Waals surface area contributed by atoms with E-state index in [2.05, 4.69) is 10.6 Å². The summed E-state index contributed by atoms with van der Waals surface area (Å²) in [7, 11) is 1.51. The fourth-order valence-corrected chi connectivity index (χ4v) is 1.76. The van der Waals surface area contributed by atoms with Crippen LogP contribution in [0, 0.1) is 0 Å². The van der Waals surface area contributed by atoms with Crippen molar-refractivity contribution in [1.29, 1.82) is 0 Å². The third kappa shape index (κ3) is 3.03. The van der Waals surface area contributed by atoms with E-state index in [9.17, 15) is 9.59 Å². The first-order valence-corrected chi connectivity index (χ1v) is 5.95. The smallest absolute Gasteiger partial charge is 0.408 e. The number of nitrogens with one attached hydrogen (secondary N) is 2. The van der Waals surface area contributed by atoms with Crippen LogP contribution < -0.4 is 10.6 Å². The number of ether oxygens (including phenoxy) is 2. The van der Waals surface area contributed by atoms with Crippen LogP contribution in [0.15, 0.2) is 30.3 Å². The molecule has 2 N–H and O–H groups in total. The van der Waals surface area contributed by atoms with Crippen molar-refractivity contribution in [3.63, 3.8) is 0 Å². The van der Waals surface area contributed by atoms with Gasteiger partial charge in [-0.15, -0.1) is 0 Å². The van der Waals surface area contributed by atoms with Gasteiger partial charge in [0.05, 0.1) is 13.2 Å². The number of amides is 2. The van der Waals surface area contributed by atoms with Gasteiger partial charge in [0.2, 0.25) is 5.91 Å². The van der Waals surface area contributed by atoms with E-state index in [1.807, 2.05) is 30.3 Å². The SMILES string of the molecule is CNC(=O)C1(NC(=O)OCc2ccccc2)COC1. The average molecular weight is 264 g/mol. The summed E-state index contributed by atoms with van der Waals surface area (Å²) in [4.78, 5) is 23.3. The molecule has 1 aromatic rings. The summed E-state index contributed by atoms with van der Waals surface area (Å²) in [6, 6.07) is 9.32. The molecule has 0 aromatic heterocycles. The molecule has 6 nitrogen and oxygen atoms in total. The van der Waals surface area contributed by atoms with E-state index in [1.165, 1.54) is 7.05 Å². The Bertz CT molecular complexity index is 457. The minimum Gasteiger partial charge on any atom is -0.445 e. The first-order valence-electron chi connectivity index (χ1n) is 5.95. The molecule has 0 aliphatic carbocycles. The largest absolute Gasteiger partial charge is 0.445 e. The Kier molecular flexibility index (Phi) is 4.01. The normalized spacial score (nSPS) is 16.1. The molecule has 19 heavy (non-hydrogen) atoms. The first kappa shape index (κ1) is 13.4. The van der Waals surface area contributed by atoms with E-state index in [-0.39, 0.29) is 25.7 Å². The molecule has 1 aliphatic heterocycles. The Balaban J connectivity index is 1.85. The second kappa shape index (κ2) is 5.71. The fraction of sp³-hybridized carbons (Fsp3) is 0.385. The molecule has 1 aliphatic rings. The van der Waals surface area contributed by atoms with Crippen molar-refractivity contribution in [3.8, 4) is 0 Å². The Morgan fingerprint density at radius 3 is 2.53 bits per heavy atom. The predicted octanol–water partition coefficient (Wildman–Crippen LogP) is 0.428. The molecule has 1 fully saturated rings. The zero-order chi connectivity index (χ0) is 13.7. The molecule has 0 atom stereocenters. The fourth-order valence-electron chi connectivity index (χ4n) is 1.76. The second-order valence-corrected chi connectivity index (χ2v) is 4.34. The quantitative estimate of drug-likeness (QED) is 0.826. The van der Waals surface area contributed by atoms with Gasteiger partial charge in [0, 0.05) is 7.05 Å². The van der Waals surface area contributed by atoms with E-state index in [0.29, 0.717) is 0 Å². The number of carbonyl (C=O) groups is 2. The van der Waals surface area contributed by atoms with Crippen molar-refractivity contribution in [3.05, 3.63) is 35.9 Å². The van der Waals surface area contributed by atoms with Crippen LogP contribution in [0.25, 0.3) is 0 Å². The van der Waals surface area contributed by atoms with Gasteiger partial charge in [-0.3, -0.25) is 4.79 Å². The monoisotopic (exact) mass is 264 g/mol. The Morgan fingerprint density at radius 2 is 2.00 bits per heavy atom. The molecule has 102 valence electrons. The van der Waals surface area contributed by atoms with Crippen molar-refractivity contribution < 1.29 is 19.1 Å². The van der Waals surface area contributed by atoms with Crippen LogP contribution in [0.4, 0.5) is 4.79 Å². The molecule has 2 amide bonds. The highest BCUT2D eigenvalue weighted by Crippen LogP contribution is 2.17. The number of hydrogen-bond donors (Lipinski definition) is 2. The topological polar surface area (TPSA) is 76.7 Å². The molecule has 0 unspecified atom stereocenters. The number of hydrogen-bond acceptors (Lipinski definition) is 4. The zero-order valence-corrected chi connectivity index (χ0v) is 10.6. The van der Waals surface area contributed by atoms with Crippen LogP contribution in [0.2, 0.25) is 0 Å². The Morgan fingerprint density at radius 1 is 1.32 bits per heavy atom. The third-order valence-electron chi connectivity index (χ3n) is 2.91. The van der Waals surface area contributed by atoms with Crippen molar-refractivity contribution in [2.75, 3.05) is 20.3 Å². The highest BCUT2D eigenvalue weighted by atomic mass is 16.6. The molecule has 0 radical (unpaired) electrons. The Labute approximate surface area is 111 Å². The maximum Gasteiger partial charge on any atom is 0.408 e. The summed E-state index contributed by atoms with van der Waals surface area (Å²) in [5.41, 5.74) is -0.112. The van der Waals surface area contributed by atoms with E-state index in [0.717, 1.165) is 5.56 Å². The molecule has 6 heteroatoms. The summed E-state index contributed by atoms with van der Waals surface area (Å²) in [5, 5.41) is 5.05. The summed E-state index contributed by atoms with van der Waals surface area (Å²) >= 11 is 0. The molecule has 1 heterocycles. The third-order valence-corrected chi connectivity index (χ3v) is 2.91. The summed E-state index contributed by atoms with van der Waals surface area (Å²) in [6.07, 6.45) is -0.629. The van der Waals surface area contributed by atoms with Crippen LogP contribution in [0.3, 0.4) is 0 Å². The average Bonchev–Trinajstić information content (AvgIpc) is 2.41. The van der Waals surface area contributed by atoms with Crippen LogP contribution in [0.5, 0.6) is 0 Å². The maximum atomic E-state index is 11.7. The van der Waals surface area contributed by atoms with Gasteiger partial charge in [0.15, 0.2) is 5.54 Å². The molecule has 0 bridgehead atoms. The van der Waals surface area contributed by atoms with Gasteiger partial charge in [-0.1, -0.05) is 30.3 Å². The van der Waals surface area contributed by atoms with Gasteiger partial charge in [-0.2, -0.15) is 0 Å². The van der Waals surface area contributed by atoms with E-state index in [4.69, 9.17) is 9.47 Å². The number of benzene rings is 1. The summed E-state index contributed by atoms with van der Waals surface area (Å²) in [5.74, 6) is -0.282. The maximum absolute atomic E-state index is 11.7. The molecule has 0 spiro atoms. The van der Waals surface area contributed by atoms with Gasteiger partial charge in [0.25, 0.3) is 0 Å². The molecule has 1 aromatic carbocycles. The molecule has 1 saturated heterocycles. The summed E-state index contributed by atoms with van der Waals surface area (Å²) < 4.78 is 10.1. The van der Waals surface area contributed by atoms with Crippen molar-refractivity contribution >= 4 is 12.0 Å². The van der Waals surface area contributed by atoms with Gasteiger partial charge in [-0.05, 0) is 5.56 Å². The molecular weight excluding hydrogens is 248 g/mol. The van der Waals surface area contributed by atoms with E-state index < -0.39 is 11.6 Å². The summed E-state index contributed by atoms with van der Waals surface area (Å²) in [6.45, 7) is 0.484. The van der Waals surface area contributed by atoms with Crippen molar-refractivity contribution in [2.45, 2.75) is 12.1 Å². The standard InChI is InChI=1S/C13H16N2O4/c1-14-11(16)13(8-18-9-13)15-12(17)19-7-10-5-3-2-4-6-10/h2-6H,7-9H2,1H3,(H,14,16)(H,15,17). The van der Waals surface area contributed by atoms with Crippen LogP contribution >= 0.6 is 0 Å². The number of likely N-dealkylation sites (N-methyl/N-ethyl adjacent to an activating group) is 1. The van der Waals surface area contributed by atoms with E-state index in [1.54, 1.807) is 0 Å². The first-order chi connectivity index (χ1) is 9.16. The predicted molar refractivity (Wildman–Crippen MR) is 67.4 cm³/mol. The second-order valence-electron chi connectivity index (χ2n) is 4.34. The van der Waals surface area contributed by atoms with Gasteiger partial charge in [-0.25, -0.2) is 4.79 Å². The Hall–Kier alpha value is -2.08. The lowest BCUT2D eigenvalue weighted by atomic mass is 9.97. The van der Waals surface area contributed by atoms with Crippen LogP contribution in [0.1, 0.15) is 5.56 Å².